The van der Waals surface area contributed by atoms with E-state index in [0.717, 1.165) is 5.56 Å². The average Bonchev–Trinajstić information content (AvgIpc) is 2.42. The monoisotopic (exact) mass is 254 g/mol. The SMILES string of the molecule is CNC(C)c1ccc(OCCOCCOC)nc1. The minimum absolute atomic E-state index is 0.295. The van der Waals surface area contributed by atoms with E-state index in [1.165, 1.54) is 0 Å². The topological polar surface area (TPSA) is 52.6 Å². The Morgan fingerprint density at radius 3 is 2.61 bits per heavy atom. The van der Waals surface area contributed by atoms with Gasteiger partial charge in [-0.1, -0.05) is 6.07 Å². The van der Waals surface area contributed by atoms with Crippen LogP contribution in [0.25, 0.3) is 0 Å². The first-order valence-corrected chi connectivity index (χ1v) is 6.10. The molecule has 1 unspecified atom stereocenters. The van der Waals surface area contributed by atoms with Gasteiger partial charge < -0.3 is 19.5 Å². The highest BCUT2D eigenvalue weighted by molar-refractivity contribution is 5.20. The number of aromatic nitrogens is 1. The first kappa shape index (κ1) is 14.9. The third kappa shape index (κ3) is 5.44. The molecule has 1 rings (SSSR count). The molecule has 0 radical (unpaired) electrons. The van der Waals surface area contributed by atoms with Crippen molar-refractivity contribution in [2.24, 2.45) is 0 Å². The van der Waals surface area contributed by atoms with Gasteiger partial charge in [0, 0.05) is 25.4 Å². The maximum absolute atomic E-state index is 5.46. The Morgan fingerprint density at radius 1 is 1.22 bits per heavy atom. The van der Waals surface area contributed by atoms with Crippen LogP contribution in [0.4, 0.5) is 0 Å². The maximum Gasteiger partial charge on any atom is 0.213 e. The molecule has 18 heavy (non-hydrogen) atoms. The predicted octanol–water partition coefficient (Wildman–Crippen LogP) is 1.40. The minimum Gasteiger partial charge on any atom is -0.475 e. The lowest BCUT2D eigenvalue weighted by Gasteiger charge is -2.11. The van der Waals surface area contributed by atoms with Crippen LogP contribution in [-0.2, 0) is 9.47 Å². The molecule has 0 aliphatic carbocycles. The van der Waals surface area contributed by atoms with E-state index in [1.54, 1.807) is 7.11 Å². The molecule has 0 amide bonds. The van der Waals surface area contributed by atoms with Crippen LogP contribution in [0.5, 0.6) is 5.88 Å². The van der Waals surface area contributed by atoms with Crippen molar-refractivity contribution >= 4 is 0 Å². The highest BCUT2D eigenvalue weighted by Gasteiger charge is 2.03. The molecule has 1 atom stereocenters. The van der Waals surface area contributed by atoms with Crippen molar-refractivity contribution < 1.29 is 14.2 Å². The van der Waals surface area contributed by atoms with Gasteiger partial charge in [0.25, 0.3) is 0 Å². The molecule has 0 aliphatic heterocycles. The van der Waals surface area contributed by atoms with Gasteiger partial charge in [-0.15, -0.1) is 0 Å². The highest BCUT2D eigenvalue weighted by Crippen LogP contribution is 2.13. The summed E-state index contributed by atoms with van der Waals surface area (Å²) in [5.41, 5.74) is 1.14. The lowest BCUT2D eigenvalue weighted by molar-refractivity contribution is 0.0537. The molecule has 0 saturated carbocycles. The summed E-state index contributed by atoms with van der Waals surface area (Å²) in [6.45, 7) is 4.32. The molecule has 5 nitrogen and oxygen atoms in total. The smallest absolute Gasteiger partial charge is 0.213 e. The number of hydrogen-bond donors (Lipinski definition) is 1. The van der Waals surface area contributed by atoms with Crippen LogP contribution in [0.1, 0.15) is 18.5 Å². The van der Waals surface area contributed by atoms with Crippen LogP contribution in [0.2, 0.25) is 0 Å². The fraction of sp³-hybridized carbons (Fsp3) is 0.615. The van der Waals surface area contributed by atoms with Gasteiger partial charge >= 0.3 is 0 Å². The molecule has 5 heteroatoms. The summed E-state index contributed by atoms with van der Waals surface area (Å²) >= 11 is 0. The first-order chi connectivity index (χ1) is 8.77. The molecule has 0 aromatic carbocycles. The number of nitrogens with one attached hydrogen (secondary N) is 1. The van der Waals surface area contributed by atoms with Gasteiger partial charge in [0.2, 0.25) is 5.88 Å². The molecule has 1 aromatic rings. The van der Waals surface area contributed by atoms with Crippen LogP contribution in [-0.4, -0.2) is 45.6 Å². The third-order valence-corrected chi connectivity index (χ3v) is 2.60. The molecule has 0 aliphatic rings. The second kappa shape index (κ2) is 8.85. The van der Waals surface area contributed by atoms with Crippen molar-refractivity contribution in [1.29, 1.82) is 0 Å². The van der Waals surface area contributed by atoms with Crippen LogP contribution < -0.4 is 10.1 Å². The number of methoxy groups -OCH3 is 1. The van der Waals surface area contributed by atoms with E-state index in [9.17, 15) is 0 Å². The summed E-state index contributed by atoms with van der Waals surface area (Å²) in [4.78, 5) is 4.24. The Kier molecular flexibility index (Phi) is 7.32. The Labute approximate surface area is 108 Å². The molecule has 1 N–H and O–H groups in total. The van der Waals surface area contributed by atoms with E-state index in [0.29, 0.717) is 38.3 Å². The second-order valence-electron chi connectivity index (χ2n) is 3.89. The Morgan fingerprint density at radius 2 is 2.00 bits per heavy atom. The lowest BCUT2D eigenvalue weighted by Crippen LogP contribution is -2.13. The summed E-state index contributed by atoms with van der Waals surface area (Å²) in [5, 5.41) is 3.16. The molecular weight excluding hydrogens is 232 g/mol. The fourth-order valence-corrected chi connectivity index (χ4v) is 1.35. The Hall–Kier alpha value is -1.17. The molecule has 0 fully saturated rings. The molecule has 1 heterocycles. The molecule has 1 aromatic heterocycles. The number of rotatable bonds is 9. The zero-order valence-corrected chi connectivity index (χ0v) is 11.3. The number of nitrogens with zero attached hydrogens (tertiary/aromatic N) is 1. The van der Waals surface area contributed by atoms with Gasteiger partial charge in [-0.25, -0.2) is 4.98 Å². The Balaban J connectivity index is 2.22. The van der Waals surface area contributed by atoms with E-state index in [4.69, 9.17) is 14.2 Å². The molecule has 0 spiro atoms. The molecular formula is C13H22N2O3. The van der Waals surface area contributed by atoms with Gasteiger partial charge in [-0.3, -0.25) is 0 Å². The third-order valence-electron chi connectivity index (χ3n) is 2.60. The van der Waals surface area contributed by atoms with Crippen molar-refractivity contribution in [3.05, 3.63) is 23.9 Å². The van der Waals surface area contributed by atoms with Crippen molar-refractivity contribution in [2.75, 3.05) is 40.6 Å². The van der Waals surface area contributed by atoms with E-state index < -0.39 is 0 Å². The predicted molar refractivity (Wildman–Crippen MR) is 69.9 cm³/mol. The maximum atomic E-state index is 5.46. The first-order valence-electron chi connectivity index (χ1n) is 6.10. The van der Waals surface area contributed by atoms with E-state index >= 15 is 0 Å². The van der Waals surface area contributed by atoms with Crippen molar-refractivity contribution in [3.8, 4) is 5.88 Å². The van der Waals surface area contributed by atoms with Gasteiger partial charge in [0.15, 0.2) is 0 Å². The van der Waals surface area contributed by atoms with Crippen molar-refractivity contribution in [2.45, 2.75) is 13.0 Å². The zero-order valence-electron chi connectivity index (χ0n) is 11.3. The average molecular weight is 254 g/mol. The number of pyridine rings is 1. The molecule has 0 saturated heterocycles. The van der Waals surface area contributed by atoms with Crippen LogP contribution >= 0.6 is 0 Å². The fourth-order valence-electron chi connectivity index (χ4n) is 1.35. The lowest BCUT2D eigenvalue weighted by atomic mass is 10.1. The van der Waals surface area contributed by atoms with Crippen LogP contribution in [0, 0.1) is 0 Å². The van der Waals surface area contributed by atoms with E-state index in [2.05, 4.69) is 17.2 Å². The summed E-state index contributed by atoms with van der Waals surface area (Å²) in [6.07, 6.45) is 1.82. The summed E-state index contributed by atoms with van der Waals surface area (Å²) < 4.78 is 15.6. The van der Waals surface area contributed by atoms with Gasteiger partial charge in [-0.2, -0.15) is 0 Å². The quantitative estimate of drug-likeness (QED) is 0.675. The summed E-state index contributed by atoms with van der Waals surface area (Å²) in [7, 11) is 3.57. The minimum atomic E-state index is 0.295. The van der Waals surface area contributed by atoms with Gasteiger partial charge in [0.1, 0.15) is 6.61 Å². The van der Waals surface area contributed by atoms with Gasteiger partial charge in [0.05, 0.1) is 19.8 Å². The zero-order chi connectivity index (χ0) is 13.2. The van der Waals surface area contributed by atoms with Crippen LogP contribution in [0.3, 0.4) is 0 Å². The summed E-state index contributed by atoms with van der Waals surface area (Å²) in [6, 6.07) is 4.18. The van der Waals surface area contributed by atoms with Crippen molar-refractivity contribution in [1.82, 2.24) is 10.3 Å². The van der Waals surface area contributed by atoms with E-state index in [-0.39, 0.29) is 0 Å². The molecule has 102 valence electrons. The Bertz CT molecular complexity index is 317. The number of hydrogen-bond acceptors (Lipinski definition) is 5. The van der Waals surface area contributed by atoms with Crippen molar-refractivity contribution in [3.63, 3.8) is 0 Å². The van der Waals surface area contributed by atoms with E-state index in [1.807, 2.05) is 25.4 Å². The standard InChI is InChI=1S/C13H22N2O3/c1-11(14-2)12-4-5-13(15-10-12)18-9-8-17-7-6-16-3/h4-5,10-11,14H,6-9H2,1-3H3. The van der Waals surface area contributed by atoms with Gasteiger partial charge in [-0.05, 0) is 19.5 Å². The largest absolute Gasteiger partial charge is 0.475 e. The second-order valence-corrected chi connectivity index (χ2v) is 3.89. The number of ether oxygens (including phenoxy) is 3. The highest BCUT2D eigenvalue weighted by atomic mass is 16.5. The summed E-state index contributed by atoms with van der Waals surface area (Å²) in [5.74, 6) is 0.623. The van der Waals surface area contributed by atoms with Crippen LogP contribution in [0.15, 0.2) is 18.3 Å². The molecule has 0 bridgehead atoms. The normalized spacial score (nSPS) is 12.4.